The third-order valence-electron chi connectivity index (χ3n) is 5.29. The lowest BCUT2D eigenvalue weighted by molar-refractivity contribution is 0.0475. The van der Waals surface area contributed by atoms with E-state index in [0.717, 1.165) is 32.0 Å². The summed E-state index contributed by atoms with van der Waals surface area (Å²) in [5.41, 5.74) is -0.826. The van der Waals surface area contributed by atoms with E-state index >= 15 is 0 Å². The van der Waals surface area contributed by atoms with Gasteiger partial charge in [0.05, 0.1) is 5.60 Å². The largest absolute Gasteiger partial charge is 0.388 e. The van der Waals surface area contributed by atoms with Crippen molar-refractivity contribution < 1.29 is 9.90 Å². The highest BCUT2D eigenvalue weighted by Crippen LogP contribution is 2.26. The maximum Gasteiger partial charge on any atom is 0.315 e. The first-order valence-corrected chi connectivity index (χ1v) is 9.36. The number of amides is 2. The minimum Gasteiger partial charge on any atom is -0.388 e. The number of likely N-dealkylation sites (tertiary alicyclic amines) is 1. The summed E-state index contributed by atoms with van der Waals surface area (Å²) in [5, 5.41) is 16.2. The van der Waals surface area contributed by atoms with Gasteiger partial charge in [-0.2, -0.15) is 0 Å². The zero-order chi connectivity index (χ0) is 16.9. The van der Waals surface area contributed by atoms with Gasteiger partial charge in [0.15, 0.2) is 0 Å². The lowest BCUT2D eigenvalue weighted by Crippen LogP contribution is -2.48. The number of hydrogen-bond acceptors (Lipinski definition) is 3. The van der Waals surface area contributed by atoms with Crippen molar-refractivity contribution in [3.8, 4) is 0 Å². The number of carbonyl (C=O) groups is 1. The van der Waals surface area contributed by atoms with Crippen molar-refractivity contribution in [1.29, 1.82) is 0 Å². The van der Waals surface area contributed by atoms with Gasteiger partial charge in [-0.05, 0) is 44.9 Å². The molecule has 0 bridgehead atoms. The van der Waals surface area contributed by atoms with E-state index in [4.69, 9.17) is 0 Å². The van der Waals surface area contributed by atoms with Crippen LogP contribution in [0.2, 0.25) is 0 Å². The van der Waals surface area contributed by atoms with Gasteiger partial charge in [0.1, 0.15) is 0 Å². The molecule has 2 amide bonds. The van der Waals surface area contributed by atoms with E-state index < -0.39 is 5.60 Å². The Kier molecular flexibility index (Phi) is 6.72. The molecule has 134 valence electrons. The number of hydrogen-bond donors (Lipinski definition) is 3. The maximum atomic E-state index is 12.1. The van der Waals surface area contributed by atoms with Gasteiger partial charge in [0.2, 0.25) is 0 Å². The van der Waals surface area contributed by atoms with Crippen molar-refractivity contribution in [2.75, 3.05) is 19.6 Å². The number of nitrogens with zero attached hydrogens (tertiary/aromatic N) is 1. The number of aliphatic hydroxyl groups is 1. The SMILES string of the molecule is CC(C)CCC(C)(O)CNC(=O)NC1CCN(C2CCCC2)C1. The van der Waals surface area contributed by atoms with E-state index in [0.29, 0.717) is 18.9 Å². The lowest BCUT2D eigenvalue weighted by Gasteiger charge is -2.25. The zero-order valence-corrected chi connectivity index (χ0v) is 15.1. The molecule has 0 aromatic rings. The van der Waals surface area contributed by atoms with E-state index in [1.54, 1.807) is 6.92 Å². The molecular formula is C18H35N3O2. The highest BCUT2D eigenvalue weighted by Gasteiger charge is 2.30. The third kappa shape index (κ3) is 6.30. The fourth-order valence-electron chi connectivity index (χ4n) is 3.70. The van der Waals surface area contributed by atoms with Crippen LogP contribution < -0.4 is 10.6 Å². The summed E-state index contributed by atoms with van der Waals surface area (Å²) in [6.45, 7) is 8.47. The second kappa shape index (κ2) is 8.34. The summed E-state index contributed by atoms with van der Waals surface area (Å²) >= 11 is 0. The Labute approximate surface area is 141 Å². The quantitative estimate of drug-likeness (QED) is 0.674. The van der Waals surface area contributed by atoms with Gasteiger partial charge in [-0.25, -0.2) is 4.79 Å². The normalized spacial score (nSPS) is 25.7. The van der Waals surface area contributed by atoms with Crippen LogP contribution in [-0.2, 0) is 0 Å². The first-order chi connectivity index (χ1) is 10.9. The number of carbonyl (C=O) groups excluding carboxylic acids is 1. The standard InChI is InChI=1S/C18H35N3O2/c1-14(2)8-10-18(3,23)13-19-17(22)20-15-9-11-21(12-15)16-6-4-5-7-16/h14-16,23H,4-13H2,1-3H3,(H2,19,20,22). The average molecular weight is 325 g/mol. The van der Waals surface area contributed by atoms with Crippen LogP contribution in [0.25, 0.3) is 0 Å². The highest BCUT2D eigenvalue weighted by atomic mass is 16.3. The molecule has 0 spiro atoms. The summed E-state index contributed by atoms with van der Waals surface area (Å²) in [5.74, 6) is 0.565. The summed E-state index contributed by atoms with van der Waals surface area (Å²) in [6.07, 6.45) is 8.05. The fourth-order valence-corrected chi connectivity index (χ4v) is 3.70. The Morgan fingerprint density at radius 2 is 2.00 bits per heavy atom. The van der Waals surface area contributed by atoms with Crippen LogP contribution in [0.1, 0.15) is 65.7 Å². The van der Waals surface area contributed by atoms with Crippen molar-refractivity contribution in [3.63, 3.8) is 0 Å². The van der Waals surface area contributed by atoms with Gasteiger partial charge >= 0.3 is 6.03 Å². The van der Waals surface area contributed by atoms with Crippen LogP contribution in [0.5, 0.6) is 0 Å². The molecule has 2 fully saturated rings. The molecule has 0 radical (unpaired) electrons. The monoisotopic (exact) mass is 325 g/mol. The molecule has 2 atom stereocenters. The van der Waals surface area contributed by atoms with Crippen molar-refractivity contribution in [2.24, 2.45) is 5.92 Å². The predicted molar refractivity (Wildman–Crippen MR) is 93.5 cm³/mol. The van der Waals surface area contributed by atoms with E-state index in [2.05, 4.69) is 29.4 Å². The number of rotatable bonds is 7. The van der Waals surface area contributed by atoms with Crippen molar-refractivity contribution in [3.05, 3.63) is 0 Å². The second-order valence-electron chi connectivity index (χ2n) is 8.18. The molecular weight excluding hydrogens is 290 g/mol. The Bertz CT molecular complexity index is 378. The Balaban J connectivity index is 1.65. The maximum absolute atomic E-state index is 12.1. The molecule has 2 unspecified atom stereocenters. The second-order valence-corrected chi connectivity index (χ2v) is 8.18. The Morgan fingerprint density at radius 3 is 2.65 bits per heavy atom. The molecule has 3 N–H and O–H groups in total. The van der Waals surface area contributed by atoms with Crippen LogP contribution in [0.15, 0.2) is 0 Å². The molecule has 0 aromatic heterocycles. The number of urea groups is 1. The first-order valence-electron chi connectivity index (χ1n) is 9.36. The molecule has 1 saturated carbocycles. The van der Waals surface area contributed by atoms with Gasteiger partial charge in [-0.15, -0.1) is 0 Å². The van der Waals surface area contributed by atoms with E-state index in [1.165, 1.54) is 25.7 Å². The third-order valence-corrected chi connectivity index (χ3v) is 5.29. The fraction of sp³-hybridized carbons (Fsp3) is 0.944. The van der Waals surface area contributed by atoms with Gasteiger partial charge < -0.3 is 15.7 Å². The van der Waals surface area contributed by atoms with Crippen LogP contribution in [0, 0.1) is 5.92 Å². The number of nitrogens with one attached hydrogen (secondary N) is 2. The van der Waals surface area contributed by atoms with Crippen molar-refractivity contribution >= 4 is 6.03 Å². The minimum atomic E-state index is -0.826. The molecule has 2 rings (SSSR count). The Hall–Kier alpha value is -0.810. The van der Waals surface area contributed by atoms with E-state index in [9.17, 15) is 9.90 Å². The summed E-state index contributed by atoms with van der Waals surface area (Å²) in [6, 6.07) is 0.839. The predicted octanol–water partition coefficient (Wildman–Crippen LogP) is 2.49. The van der Waals surface area contributed by atoms with Gasteiger partial charge in [0.25, 0.3) is 0 Å². The average Bonchev–Trinajstić information content (AvgIpc) is 3.14. The van der Waals surface area contributed by atoms with Crippen molar-refractivity contribution in [1.82, 2.24) is 15.5 Å². The van der Waals surface area contributed by atoms with Crippen LogP contribution in [-0.4, -0.2) is 53.4 Å². The first kappa shape index (κ1) is 18.5. The van der Waals surface area contributed by atoms with E-state index in [1.807, 2.05) is 0 Å². The molecule has 1 saturated heterocycles. The topological polar surface area (TPSA) is 64.6 Å². The van der Waals surface area contributed by atoms with Gasteiger partial charge in [-0.3, -0.25) is 4.90 Å². The van der Waals surface area contributed by atoms with E-state index in [-0.39, 0.29) is 12.1 Å². The smallest absolute Gasteiger partial charge is 0.315 e. The lowest BCUT2D eigenvalue weighted by atomic mass is 9.95. The van der Waals surface area contributed by atoms with Crippen LogP contribution >= 0.6 is 0 Å². The summed E-state index contributed by atoms with van der Waals surface area (Å²) in [7, 11) is 0. The zero-order valence-electron chi connectivity index (χ0n) is 15.1. The van der Waals surface area contributed by atoms with Crippen molar-refractivity contribution in [2.45, 2.75) is 83.4 Å². The van der Waals surface area contributed by atoms with Gasteiger partial charge in [0, 0.05) is 31.7 Å². The highest BCUT2D eigenvalue weighted by molar-refractivity contribution is 5.74. The van der Waals surface area contributed by atoms with Crippen LogP contribution in [0.3, 0.4) is 0 Å². The molecule has 1 aliphatic heterocycles. The molecule has 2 aliphatic rings. The summed E-state index contributed by atoms with van der Waals surface area (Å²) < 4.78 is 0. The summed E-state index contributed by atoms with van der Waals surface area (Å²) in [4.78, 5) is 14.6. The Morgan fingerprint density at radius 1 is 1.30 bits per heavy atom. The minimum absolute atomic E-state index is 0.145. The molecule has 23 heavy (non-hydrogen) atoms. The molecule has 0 aromatic carbocycles. The molecule has 1 aliphatic carbocycles. The molecule has 5 heteroatoms. The molecule has 1 heterocycles. The van der Waals surface area contributed by atoms with Crippen LogP contribution in [0.4, 0.5) is 4.79 Å². The van der Waals surface area contributed by atoms with Gasteiger partial charge in [-0.1, -0.05) is 26.7 Å². The molecule has 5 nitrogen and oxygen atoms in total.